The van der Waals surface area contributed by atoms with Crippen LogP contribution in [-0.2, 0) is 5.41 Å². The fraction of sp³-hybridized carbons (Fsp3) is 0.308. The average Bonchev–Trinajstić information content (AvgIpc) is 2.76. The smallest absolute Gasteiger partial charge is 0.145 e. The molecule has 0 spiro atoms. The third-order valence-corrected chi connectivity index (χ3v) is 3.31. The predicted octanol–water partition coefficient (Wildman–Crippen LogP) is 2.71. The van der Waals surface area contributed by atoms with Crippen LogP contribution in [0.1, 0.15) is 31.5 Å². The summed E-state index contributed by atoms with van der Waals surface area (Å²) in [5, 5.41) is 7.03. The van der Waals surface area contributed by atoms with E-state index in [1.807, 2.05) is 12.1 Å². The summed E-state index contributed by atoms with van der Waals surface area (Å²) in [5.41, 5.74) is 7.96. The number of anilines is 1. The van der Waals surface area contributed by atoms with E-state index >= 15 is 0 Å². The Morgan fingerprint density at radius 1 is 1.31 bits per heavy atom. The van der Waals surface area contributed by atoms with Gasteiger partial charge in [-0.3, -0.25) is 5.10 Å². The number of hydrogen-bond donors (Lipinski definition) is 2. The highest BCUT2D eigenvalue weighted by Gasteiger charge is 2.28. The summed E-state index contributed by atoms with van der Waals surface area (Å²) in [7, 11) is 0. The second kappa shape index (κ2) is 4.00. The average molecular weight is 215 g/mol. The molecule has 1 heterocycles. The zero-order chi connectivity index (χ0) is 11.6. The summed E-state index contributed by atoms with van der Waals surface area (Å²) in [4.78, 5) is 0. The van der Waals surface area contributed by atoms with E-state index in [0.29, 0.717) is 5.82 Å². The molecule has 0 saturated carbocycles. The van der Waals surface area contributed by atoms with Crippen LogP contribution in [0.25, 0.3) is 0 Å². The van der Waals surface area contributed by atoms with E-state index in [4.69, 9.17) is 5.73 Å². The monoisotopic (exact) mass is 215 g/mol. The van der Waals surface area contributed by atoms with Gasteiger partial charge in [-0.25, -0.2) is 0 Å². The third kappa shape index (κ3) is 1.69. The molecule has 0 saturated heterocycles. The summed E-state index contributed by atoms with van der Waals surface area (Å²) in [5.74, 6) is 0.547. The lowest BCUT2D eigenvalue weighted by molar-refractivity contribution is 0.531. The van der Waals surface area contributed by atoms with Gasteiger partial charge < -0.3 is 5.73 Å². The van der Waals surface area contributed by atoms with E-state index in [1.165, 1.54) is 5.56 Å². The number of nitrogens with one attached hydrogen (secondary N) is 1. The molecule has 0 amide bonds. The van der Waals surface area contributed by atoms with Crippen LogP contribution in [0.15, 0.2) is 36.4 Å². The van der Waals surface area contributed by atoms with Crippen molar-refractivity contribution in [3.8, 4) is 0 Å². The normalized spacial score (nSPS) is 14.6. The van der Waals surface area contributed by atoms with E-state index < -0.39 is 0 Å². The van der Waals surface area contributed by atoms with Crippen LogP contribution in [0.3, 0.4) is 0 Å². The number of aromatic amines is 1. The van der Waals surface area contributed by atoms with Gasteiger partial charge in [0.1, 0.15) is 5.82 Å². The Balaban J connectivity index is 2.48. The van der Waals surface area contributed by atoms with Crippen molar-refractivity contribution in [2.45, 2.75) is 25.7 Å². The van der Waals surface area contributed by atoms with Gasteiger partial charge in [0, 0.05) is 17.2 Å². The fourth-order valence-corrected chi connectivity index (χ4v) is 1.98. The van der Waals surface area contributed by atoms with Crippen molar-refractivity contribution >= 4 is 5.82 Å². The standard InChI is InChI=1S/C13H17N3/c1-3-13(2,10-7-5-4-6-8-10)11-9-12(14)16-15-11/h4-9H,3H2,1-2H3,(H3,14,15,16). The first kappa shape index (κ1) is 10.7. The number of nitrogens with two attached hydrogens (primary N) is 1. The molecular formula is C13H17N3. The van der Waals surface area contributed by atoms with Crippen molar-refractivity contribution < 1.29 is 0 Å². The maximum Gasteiger partial charge on any atom is 0.145 e. The second-order valence-corrected chi connectivity index (χ2v) is 4.26. The highest BCUT2D eigenvalue weighted by atomic mass is 15.2. The van der Waals surface area contributed by atoms with Gasteiger partial charge in [-0.1, -0.05) is 37.3 Å². The molecule has 0 fully saturated rings. The van der Waals surface area contributed by atoms with Crippen LogP contribution in [0, 0.1) is 0 Å². The van der Waals surface area contributed by atoms with Crippen LogP contribution in [0.5, 0.6) is 0 Å². The van der Waals surface area contributed by atoms with E-state index in [0.717, 1.165) is 12.1 Å². The zero-order valence-electron chi connectivity index (χ0n) is 9.70. The predicted molar refractivity (Wildman–Crippen MR) is 66.2 cm³/mol. The molecule has 2 rings (SSSR count). The number of nitrogens with zero attached hydrogens (tertiary/aromatic N) is 1. The maximum atomic E-state index is 5.67. The molecule has 1 aromatic heterocycles. The molecule has 16 heavy (non-hydrogen) atoms. The molecular weight excluding hydrogens is 198 g/mol. The van der Waals surface area contributed by atoms with E-state index in [2.05, 4.69) is 48.3 Å². The van der Waals surface area contributed by atoms with Gasteiger partial charge in [0.2, 0.25) is 0 Å². The molecule has 0 radical (unpaired) electrons. The number of benzene rings is 1. The molecule has 0 aliphatic rings. The molecule has 1 unspecified atom stereocenters. The van der Waals surface area contributed by atoms with Gasteiger partial charge in [0.15, 0.2) is 0 Å². The summed E-state index contributed by atoms with van der Waals surface area (Å²) in [6, 6.07) is 12.3. The highest BCUT2D eigenvalue weighted by molar-refractivity contribution is 5.39. The lowest BCUT2D eigenvalue weighted by atomic mass is 9.77. The minimum Gasteiger partial charge on any atom is -0.382 e. The Morgan fingerprint density at radius 2 is 2.00 bits per heavy atom. The molecule has 0 bridgehead atoms. The molecule has 2 aromatic rings. The van der Waals surface area contributed by atoms with Crippen molar-refractivity contribution in [2.24, 2.45) is 0 Å². The van der Waals surface area contributed by atoms with Crippen LogP contribution in [0.4, 0.5) is 5.82 Å². The fourth-order valence-electron chi connectivity index (χ4n) is 1.98. The largest absolute Gasteiger partial charge is 0.382 e. The SMILES string of the molecule is CCC(C)(c1ccccc1)c1cc(N)n[nH]1. The molecule has 3 nitrogen and oxygen atoms in total. The number of nitrogen functional groups attached to an aromatic ring is 1. The Morgan fingerprint density at radius 3 is 2.50 bits per heavy atom. The first-order valence-electron chi connectivity index (χ1n) is 5.53. The van der Waals surface area contributed by atoms with Crippen molar-refractivity contribution in [3.05, 3.63) is 47.7 Å². The highest BCUT2D eigenvalue weighted by Crippen LogP contribution is 2.34. The van der Waals surface area contributed by atoms with Crippen molar-refractivity contribution in [1.29, 1.82) is 0 Å². The lowest BCUT2D eigenvalue weighted by Crippen LogP contribution is -2.23. The van der Waals surface area contributed by atoms with Gasteiger partial charge in [0.25, 0.3) is 0 Å². The molecule has 84 valence electrons. The number of aromatic nitrogens is 2. The van der Waals surface area contributed by atoms with Crippen molar-refractivity contribution in [1.82, 2.24) is 10.2 Å². The first-order valence-corrected chi connectivity index (χ1v) is 5.53. The lowest BCUT2D eigenvalue weighted by Gasteiger charge is -2.27. The van der Waals surface area contributed by atoms with Crippen LogP contribution < -0.4 is 5.73 Å². The van der Waals surface area contributed by atoms with Gasteiger partial charge in [-0.2, -0.15) is 5.10 Å². The van der Waals surface area contributed by atoms with E-state index in [9.17, 15) is 0 Å². The molecule has 1 atom stereocenters. The number of H-pyrrole nitrogens is 1. The van der Waals surface area contributed by atoms with Crippen LogP contribution >= 0.6 is 0 Å². The number of rotatable bonds is 3. The van der Waals surface area contributed by atoms with E-state index in [1.54, 1.807) is 0 Å². The maximum absolute atomic E-state index is 5.67. The summed E-state index contributed by atoms with van der Waals surface area (Å²) in [6.45, 7) is 4.37. The van der Waals surface area contributed by atoms with Gasteiger partial charge in [-0.15, -0.1) is 0 Å². The Hall–Kier alpha value is -1.77. The Kier molecular flexibility index (Phi) is 2.69. The van der Waals surface area contributed by atoms with Crippen molar-refractivity contribution in [3.63, 3.8) is 0 Å². The third-order valence-electron chi connectivity index (χ3n) is 3.31. The minimum atomic E-state index is -0.0497. The molecule has 0 aliphatic heterocycles. The summed E-state index contributed by atoms with van der Waals surface area (Å²) >= 11 is 0. The van der Waals surface area contributed by atoms with Crippen molar-refractivity contribution in [2.75, 3.05) is 5.73 Å². The number of hydrogen-bond acceptors (Lipinski definition) is 2. The topological polar surface area (TPSA) is 54.7 Å². The Bertz CT molecular complexity index is 461. The van der Waals surface area contributed by atoms with Gasteiger partial charge >= 0.3 is 0 Å². The molecule has 3 heteroatoms. The van der Waals surface area contributed by atoms with Crippen LogP contribution in [-0.4, -0.2) is 10.2 Å². The van der Waals surface area contributed by atoms with E-state index in [-0.39, 0.29) is 5.41 Å². The van der Waals surface area contributed by atoms with Crippen LogP contribution in [0.2, 0.25) is 0 Å². The van der Waals surface area contributed by atoms with Gasteiger partial charge in [0.05, 0.1) is 0 Å². The van der Waals surface area contributed by atoms with Gasteiger partial charge in [-0.05, 0) is 18.9 Å². The summed E-state index contributed by atoms with van der Waals surface area (Å²) < 4.78 is 0. The quantitative estimate of drug-likeness (QED) is 0.827. The molecule has 1 aromatic carbocycles. The summed E-state index contributed by atoms with van der Waals surface area (Å²) in [6.07, 6.45) is 0.999. The molecule has 0 aliphatic carbocycles. The Labute approximate surface area is 95.7 Å². The second-order valence-electron chi connectivity index (χ2n) is 4.26. The zero-order valence-corrected chi connectivity index (χ0v) is 9.70. The molecule has 3 N–H and O–H groups in total. The minimum absolute atomic E-state index is 0.0497. The first-order chi connectivity index (χ1) is 7.66.